The number of hydrogen-bond acceptors (Lipinski definition) is 5. The minimum Gasteiger partial charge on any atom is -0.467 e. The first-order valence-electron chi connectivity index (χ1n) is 9.59. The third kappa shape index (κ3) is 6.74. The summed E-state index contributed by atoms with van der Waals surface area (Å²) in [4.78, 5) is 21.0. The van der Waals surface area contributed by atoms with Gasteiger partial charge < -0.3 is 24.3 Å². The quantitative estimate of drug-likeness (QED) is 0.250. The Balaban J connectivity index is 0.00000300. The van der Waals surface area contributed by atoms with E-state index in [1.807, 2.05) is 37.2 Å². The minimum absolute atomic E-state index is 0. The van der Waals surface area contributed by atoms with Gasteiger partial charge in [-0.2, -0.15) is 5.10 Å². The lowest BCUT2D eigenvalue weighted by molar-refractivity contribution is -0.120. The van der Waals surface area contributed by atoms with Crippen LogP contribution in [-0.2, 0) is 23.2 Å². The normalized spacial score (nSPS) is 14.8. The number of aryl methyl sites for hydroxylation is 1. The van der Waals surface area contributed by atoms with E-state index >= 15 is 0 Å². The highest BCUT2D eigenvalue weighted by Crippen LogP contribution is 2.16. The first kappa shape index (κ1) is 23.2. The maximum Gasteiger partial charge on any atom is 0.246 e. The molecule has 1 aliphatic heterocycles. The van der Waals surface area contributed by atoms with Crippen LogP contribution in [0.3, 0.4) is 0 Å². The molecule has 29 heavy (non-hydrogen) atoms. The average Bonchev–Trinajstić information content (AvgIpc) is 3.35. The number of amides is 1. The van der Waals surface area contributed by atoms with Gasteiger partial charge in [0.2, 0.25) is 5.91 Å². The van der Waals surface area contributed by atoms with Crippen molar-refractivity contribution >= 4 is 41.5 Å². The van der Waals surface area contributed by atoms with Crippen LogP contribution in [0.2, 0.25) is 0 Å². The van der Waals surface area contributed by atoms with Gasteiger partial charge >= 0.3 is 0 Å². The summed E-state index contributed by atoms with van der Waals surface area (Å²) in [5.41, 5.74) is 0.836. The van der Waals surface area contributed by atoms with Gasteiger partial charge in [-0.05, 0) is 25.5 Å². The van der Waals surface area contributed by atoms with E-state index in [-0.39, 0.29) is 29.9 Å². The molecule has 1 fully saturated rings. The Hall–Kier alpha value is -2.08. The van der Waals surface area contributed by atoms with Crippen LogP contribution in [0.5, 0.6) is 0 Å². The molecule has 0 radical (unpaired) electrons. The fourth-order valence-corrected chi connectivity index (χ4v) is 3.02. The lowest BCUT2D eigenvalue weighted by Crippen LogP contribution is -2.55. The number of rotatable bonds is 8. The zero-order valence-corrected chi connectivity index (χ0v) is 19.2. The molecule has 3 heterocycles. The lowest BCUT2D eigenvalue weighted by atomic mass is 10.3. The molecule has 1 N–H and O–H groups in total. The number of furan rings is 1. The molecular formula is C19H29IN6O3. The van der Waals surface area contributed by atoms with Gasteiger partial charge in [-0.15, -0.1) is 24.0 Å². The van der Waals surface area contributed by atoms with Crippen LogP contribution in [0.1, 0.15) is 19.1 Å². The number of nitrogens with zero attached hydrogens (tertiary/aromatic N) is 5. The van der Waals surface area contributed by atoms with Crippen LogP contribution in [0, 0.1) is 0 Å². The van der Waals surface area contributed by atoms with Crippen molar-refractivity contribution in [2.75, 3.05) is 44.2 Å². The highest BCUT2D eigenvalue weighted by atomic mass is 127. The number of hydrogen-bond donors (Lipinski definition) is 1. The number of carbonyl (C=O) groups is 1. The van der Waals surface area contributed by atoms with Crippen molar-refractivity contribution in [1.29, 1.82) is 0 Å². The summed E-state index contributed by atoms with van der Waals surface area (Å²) in [5.74, 6) is 1.64. The van der Waals surface area contributed by atoms with E-state index < -0.39 is 0 Å². The summed E-state index contributed by atoms with van der Waals surface area (Å²) in [6.07, 6.45) is 6.02. The predicted molar refractivity (Wildman–Crippen MR) is 122 cm³/mol. The molecule has 3 rings (SSSR count). The molecular weight excluding hydrogens is 487 g/mol. The van der Waals surface area contributed by atoms with Crippen LogP contribution in [-0.4, -0.2) is 65.9 Å². The van der Waals surface area contributed by atoms with E-state index in [9.17, 15) is 4.79 Å². The van der Waals surface area contributed by atoms with Crippen LogP contribution in [0.25, 0.3) is 0 Å². The zero-order chi connectivity index (χ0) is 19.8. The summed E-state index contributed by atoms with van der Waals surface area (Å²) in [5, 5.41) is 7.42. The molecule has 0 spiro atoms. The Bertz CT molecular complexity index is 777. The van der Waals surface area contributed by atoms with Crippen LogP contribution < -0.4 is 10.2 Å². The van der Waals surface area contributed by atoms with Gasteiger partial charge in [0, 0.05) is 46.0 Å². The van der Waals surface area contributed by atoms with Crippen molar-refractivity contribution in [2.24, 2.45) is 12.0 Å². The van der Waals surface area contributed by atoms with Crippen molar-refractivity contribution in [2.45, 2.75) is 20.0 Å². The smallest absolute Gasteiger partial charge is 0.246 e. The molecule has 0 bridgehead atoms. The number of nitrogens with one attached hydrogen (secondary N) is 1. The Morgan fingerprint density at radius 2 is 2.28 bits per heavy atom. The number of piperazine rings is 1. The third-order valence-electron chi connectivity index (χ3n) is 4.39. The molecule has 0 atom stereocenters. The molecule has 10 heteroatoms. The van der Waals surface area contributed by atoms with Crippen molar-refractivity contribution in [3.63, 3.8) is 0 Å². The number of carbonyl (C=O) groups excluding carboxylic acids is 1. The maximum atomic E-state index is 12.6. The molecule has 9 nitrogen and oxygen atoms in total. The second kappa shape index (κ2) is 11.8. The fraction of sp³-hybridized carbons (Fsp3) is 0.526. The molecule has 1 amide bonds. The molecule has 0 aromatic carbocycles. The van der Waals surface area contributed by atoms with Crippen LogP contribution in [0.15, 0.2) is 40.2 Å². The molecule has 2 aromatic rings. The molecule has 160 valence electrons. The summed E-state index contributed by atoms with van der Waals surface area (Å²) in [7, 11) is 1.85. The minimum atomic E-state index is 0. The van der Waals surface area contributed by atoms with Crippen molar-refractivity contribution < 1.29 is 13.9 Å². The fourth-order valence-electron chi connectivity index (χ4n) is 3.02. The number of aliphatic imine (C=N–C) groups is 1. The maximum absolute atomic E-state index is 12.6. The van der Waals surface area contributed by atoms with Gasteiger partial charge in [0.15, 0.2) is 5.96 Å². The number of aromatic nitrogens is 2. The molecule has 0 saturated carbocycles. The zero-order valence-electron chi connectivity index (χ0n) is 16.9. The molecule has 2 aromatic heterocycles. The SMILES string of the molecule is CCNC(=NCCCOCc1ccco1)N1CCN(c2cnn(C)c2)C(=O)C1.I. The Morgan fingerprint density at radius 3 is 2.93 bits per heavy atom. The number of guanidine groups is 1. The van der Waals surface area contributed by atoms with Crippen molar-refractivity contribution in [3.05, 3.63) is 36.5 Å². The van der Waals surface area contributed by atoms with Gasteiger partial charge in [-0.25, -0.2) is 0 Å². The van der Waals surface area contributed by atoms with Gasteiger partial charge in [-0.1, -0.05) is 0 Å². The largest absolute Gasteiger partial charge is 0.467 e. The highest BCUT2D eigenvalue weighted by molar-refractivity contribution is 14.0. The highest BCUT2D eigenvalue weighted by Gasteiger charge is 2.27. The summed E-state index contributed by atoms with van der Waals surface area (Å²) in [6, 6.07) is 3.74. The first-order valence-corrected chi connectivity index (χ1v) is 9.59. The molecule has 1 saturated heterocycles. The second-order valence-corrected chi connectivity index (χ2v) is 6.56. The van der Waals surface area contributed by atoms with E-state index in [1.165, 1.54) is 0 Å². The van der Waals surface area contributed by atoms with E-state index in [0.29, 0.717) is 32.8 Å². The molecule has 1 aliphatic rings. The number of anilines is 1. The number of ether oxygens (including phenoxy) is 1. The lowest BCUT2D eigenvalue weighted by Gasteiger charge is -2.35. The Labute approximate surface area is 188 Å². The van der Waals surface area contributed by atoms with E-state index in [0.717, 1.165) is 36.9 Å². The van der Waals surface area contributed by atoms with Gasteiger partial charge in [0.1, 0.15) is 18.9 Å². The van der Waals surface area contributed by atoms with E-state index in [2.05, 4.69) is 15.4 Å². The monoisotopic (exact) mass is 516 g/mol. The van der Waals surface area contributed by atoms with Gasteiger partial charge in [-0.3, -0.25) is 14.5 Å². The summed E-state index contributed by atoms with van der Waals surface area (Å²) in [6.45, 7) is 6.13. The Kier molecular flexibility index (Phi) is 9.45. The van der Waals surface area contributed by atoms with E-state index in [1.54, 1.807) is 22.0 Å². The predicted octanol–water partition coefficient (Wildman–Crippen LogP) is 1.85. The van der Waals surface area contributed by atoms with Gasteiger partial charge in [0.05, 0.1) is 18.1 Å². The van der Waals surface area contributed by atoms with E-state index in [4.69, 9.17) is 9.15 Å². The summed E-state index contributed by atoms with van der Waals surface area (Å²) < 4.78 is 12.5. The van der Waals surface area contributed by atoms with Crippen LogP contribution in [0.4, 0.5) is 5.69 Å². The second-order valence-electron chi connectivity index (χ2n) is 6.56. The third-order valence-corrected chi connectivity index (χ3v) is 4.39. The first-order chi connectivity index (χ1) is 13.7. The van der Waals surface area contributed by atoms with Crippen LogP contribution >= 0.6 is 24.0 Å². The average molecular weight is 516 g/mol. The number of halogens is 1. The Morgan fingerprint density at radius 1 is 1.41 bits per heavy atom. The standard InChI is InChI=1S/C19H28N6O3.HI/c1-3-20-19(21-7-5-10-27-15-17-6-4-11-28-17)24-8-9-25(18(26)14-24)16-12-22-23(2)13-16;/h4,6,11-13H,3,5,7-10,14-15H2,1-2H3,(H,20,21);1H. The van der Waals surface area contributed by atoms with Crippen molar-refractivity contribution in [1.82, 2.24) is 20.0 Å². The summed E-state index contributed by atoms with van der Waals surface area (Å²) >= 11 is 0. The van der Waals surface area contributed by atoms with Crippen molar-refractivity contribution in [3.8, 4) is 0 Å². The topological polar surface area (TPSA) is 88.1 Å². The molecule has 0 unspecified atom stereocenters. The van der Waals surface area contributed by atoms with Gasteiger partial charge in [0.25, 0.3) is 0 Å². The molecule has 0 aliphatic carbocycles.